The molecule has 1 amide bonds. The van der Waals surface area contributed by atoms with E-state index >= 15 is 0 Å². The third kappa shape index (κ3) is 2.89. The number of hydrogen-bond acceptors (Lipinski definition) is 5. The van der Waals surface area contributed by atoms with E-state index in [2.05, 4.69) is 26.0 Å². The fourth-order valence-electron chi connectivity index (χ4n) is 4.63. The van der Waals surface area contributed by atoms with E-state index < -0.39 is 0 Å². The van der Waals surface area contributed by atoms with Crippen molar-refractivity contribution in [2.24, 2.45) is 18.9 Å². The van der Waals surface area contributed by atoms with Gasteiger partial charge < -0.3 is 9.80 Å². The lowest BCUT2D eigenvalue weighted by Crippen LogP contribution is -2.33. The van der Waals surface area contributed by atoms with Gasteiger partial charge in [0.1, 0.15) is 12.1 Å². The number of nitrogens with zero attached hydrogens (tertiary/aromatic N) is 6. The van der Waals surface area contributed by atoms with Gasteiger partial charge in [-0.05, 0) is 25.8 Å². The van der Waals surface area contributed by atoms with Gasteiger partial charge in [-0.25, -0.2) is 9.97 Å². The van der Waals surface area contributed by atoms with Crippen LogP contribution in [0.3, 0.4) is 0 Å². The van der Waals surface area contributed by atoms with Gasteiger partial charge in [-0.2, -0.15) is 5.10 Å². The third-order valence-electron chi connectivity index (χ3n) is 6.63. The second-order valence-electron chi connectivity index (χ2n) is 8.36. The zero-order chi connectivity index (χ0) is 18.5. The van der Waals surface area contributed by atoms with E-state index in [0.717, 1.165) is 37.7 Å². The number of amides is 1. The molecule has 2 aromatic rings. The van der Waals surface area contributed by atoms with Crippen LogP contribution < -0.4 is 4.90 Å². The molecule has 5 rings (SSSR count). The smallest absolute Gasteiger partial charge is 0.274 e. The first-order valence-corrected chi connectivity index (χ1v) is 9.95. The maximum atomic E-state index is 12.8. The molecule has 1 aliphatic carbocycles. The fourth-order valence-corrected chi connectivity index (χ4v) is 4.63. The van der Waals surface area contributed by atoms with Gasteiger partial charge in [0.25, 0.3) is 5.91 Å². The molecule has 0 radical (unpaired) electrons. The Balaban J connectivity index is 1.25. The molecule has 0 N–H and O–H groups in total. The number of likely N-dealkylation sites (tertiary alicyclic amines) is 1. The molecule has 2 unspecified atom stereocenters. The molecule has 2 saturated heterocycles. The highest BCUT2D eigenvalue weighted by Gasteiger charge is 2.42. The Morgan fingerprint density at radius 3 is 2.41 bits per heavy atom. The summed E-state index contributed by atoms with van der Waals surface area (Å²) in [4.78, 5) is 26.1. The SMILES string of the molecule is Cc1cc(C(=O)N2CC3CN(c4cc(C5CCC5)ncn4)CC3C2)nn1C. The van der Waals surface area contributed by atoms with E-state index in [-0.39, 0.29) is 5.91 Å². The monoisotopic (exact) mass is 366 g/mol. The van der Waals surface area contributed by atoms with Crippen LogP contribution in [0.5, 0.6) is 0 Å². The highest BCUT2D eigenvalue weighted by Crippen LogP contribution is 2.38. The van der Waals surface area contributed by atoms with Crippen LogP contribution in [0.2, 0.25) is 0 Å². The Morgan fingerprint density at radius 2 is 1.81 bits per heavy atom. The first-order valence-electron chi connectivity index (χ1n) is 9.95. The van der Waals surface area contributed by atoms with E-state index in [4.69, 9.17) is 0 Å². The van der Waals surface area contributed by atoms with Crippen LogP contribution in [0.1, 0.15) is 47.1 Å². The Labute approximate surface area is 159 Å². The van der Waals surface area contributed by atoms with Gasteiger partial charge in [0.05, 0.1) is 0 Å². The van der Waals surface area contributed by atoms with Gasteiger partial charge in [0.2, 0.25) is 0 Å². The van der Waals surface area contributed by atoms with E-state index in [0.29, 0.717) is 23.4 Å². The van der Waals surface area contributed by atoms with Crippen LogP contribution in [-0.4, -0.2) is 56.7 Å². The molecule has 3 fully saturated rings. The number of anilines is 1. The number of rotatable bonds is 3. The topological polar surface area (TPSA) is 67.2 Å². The largest absolute Gasteiger partial charge is 0.356 e. The van der Waals surface area contributed by atoms with Crippen molar-refractivity contribution in [3.8, 4) is 0 Å². The van der Waals surface area contributed by atoms with Gasteiger partial charge in [-0.3, -0.25) is 9.48 Å². The number of fused-ring (bicyclic) bond motifs is 1. The molecule has 0 aromatic carbocycles. The molecule has 7 heteroatoms. The summed E-state index contributed by atoms with van der Waals surface area (Å²) in [6.45, 7) is 5.54. The van der Waals surface area contributed by atoms with E-state index in [1.807, 2.05) is 24.9 Å². The Bertz CT molecular complexity index is 840. The minimum Gasteiger partial charge on any atom is -0.356 e. The number of carbonyl (C=O) groups excluding carboxylic acids is 1. The summed E-state index contributed by atoms with van der Waals surface area (Å²) in [6, 6.07) is 4.07. The van der Waals surface area contributed by atoms with Crippen LogP contribution in [0, 0.1) is 18.8 Å². The van der Waals surface area contributed by atoms with Crippen molar-refractivity contribution in [2.45, 2.75) is 32.1 Å². The Kier molecular flexibility index (Phi) is 3.91. The Morgan fingerprint density at radius 1 is 1.07 bits per heavy atom. The van der Waals surface area contributed by atoms with Gasteiger partial charge in [0, 0.05) is 68.4 Å². The van der Waals surface area contributed by atoms with Crippen LogP contribution in [0.4, 0.5) is 5.82 Å². The zero-order valence-electron chi connectivity index (χ0n) is 16.0. The lowest BCUT2D eigenvalue weighted by molar-refractivity contribution is 0.0776. The number of hydrogen-bond donors (Lipinski definition) is 0. The van der Waals surface area contributed by atoms with Crippen molar-refractivity contribution in [1.82, 2.24) is 24.6 Å². The predicted molar refractivity (Wildman–Crippen MR) is 102 cm³/mol. The number of aryl methyl sites for hydroxylation is 2. The predicted octanol–water partition coefficient (Wildman–Crippen LogP) is 1.99. The average Bonchev–Trinajstić information content (AvgIpc) is 3.26. The molecule has 7 nitrogen and oxygen atoms in total. The molecule has 4 heterocycles. The minimum absolute atomic E-state index is 0.0638. The summed E-state index contributed by atoms with van der Waals surface area (Å²) >= 11 is 0. The highest BCUT2D eigenvalue weighted by molar-refractivity contribution is 5.92. The van der Waals surface area contributed by atoms with Crippen LogP contribution in [-0.2, 0) is 7.05 Å². The van der Waals surface area contributed by atoms with E-state index in [1.54, 1.807) is 11.0 Å². The molecule has 2 aliphatic heterocycles. The van der Waals surface area contributed by atoms with Crippen molar-refractivity contribution in [2.75, 3.05) is 31.1 Å². The van der Waals surface area contributed by atoms with E-state index in [9.17, 15) is 4.79 Å². The highest BCUT2D eigenvalue weighted by atomic mass is 16.2. The maximum absolute atomic E-state index is 12.8. The third-order valence-corrected chi connectivity index (χ3v) is 6.63. The molecular formula is C20H26N6O. The van der Waals surface area contributed by atoms with Gasteiger partial charge >= 0.3 is 0 Å². The fraction of sp³-hybridized carbons (Fsp3) is 0.600. The van der Waals surface area contributed by atoms with Gasteiger partial charge in [-0.15, -0.1) is 0 Å². The summed E-state index contributed by atoms with van der Waals surface area (Å²) < 4.78 is 1.76. The van der Waals surface area contributed by atoms with Crippen molar-refractivity contribution in [3.05, 3.63) is 35.5 Å². The quantitative estimate of drug-likeness (QED) is 0.831. The summed E-state index contributed by atoms with van der Waals surface area (Å²) in [5, 5.41) is 4.35. The second kappa shape index (κ2) is 6.32. The normalized spacial score (nSPS) is 25.0. The summed E-state index contributed by atoms with van der Waals surface area (Å²) in [7, 11) is 1.88. The molecule has 27 heavy (non-hydrogen) atoms. The molecule has 1 saturated carbocycles. The second-order valence-corrected chi connectivity index (χ2v) is 8.36. The standard InChI is InChI=1S/C20H26N6O/c1-13-6-18(23-24(13)2)20(27)26-10-15-8-25(9-16(15)11-26)19-7-17(21-12-22-19)14-4-3-5-14/h6-7,12,14-16H,3-5,8-11H2,1-2H3. The van der Waals surface area contributed by atoms with Crippen molar-refractivity contribution in [3.63, 3.8) is 0 Å². The zero-order valence-corrected chi connectivity index (χ0v) is 16.0. The molecule has 3 aliphatic rings. The lowest BCUT2D eigenvalue weighted by Gasteiger charge is -2.26. The van der Waals surface area contributed by atoms with Gasteiger partial charge in [-0.1, -0.05) is 6.42 Å². The van der Waals surface area contributed by atoms with E-state index in [1.165, 1.54) is 25.0 Å². The summed E-state index contributed by atoms with van der Waals surface area (Å²) in [5.74, 6) is 2.78. The van der Waals surface area contributed by atoms with Crippen LogP contribution in [0.25, 0.3) is 0 Å². The average molecular weight is 366 g/mol. The maximum Gasteiger partial charge on any atom is 0.274 e. The lowest BCUT2D eigenvalue weighted by atomic mass is 9.83. The van der Waals surface area contributed by atoms with Crippen LogP contribution in [0.15, 0.2) is 18.5 Å². The molecular weight excluding hydrogens is 340 g/mol. The molecule has 2 aromatic heterocycles. The minimum atomic E-state index is 0.0638. The van der Waals surface area contributed by atoms with Crippen molar-refractivity contribution >= 4 is 11.7 Å². The van der Waals surface area contributed by atoms with Gasteiger partial charge in [0.15, 0.2) is 5.69 Å². The molecule has 142 valence electrons. The molecule has 2 atom stereocenters. The van der Waals surface area contributed by atoms with Crippen LogP contribution >= 0.6 is 0 Å². The number of carbonyl (C=O) groups is 1. The Hall–Kier alpha value is -2.44. The molecule has 0 bridgehead atoms. The number of aromatic nitrogens is 4. The van der Waals surface area contributed by atoms with Crippen molar-refractivity contribution < 1.29 is 4.79 Å². The first-order chi connectivity index (χ1) is 13.1. The first kappa shape index (κ1) is 16.7. The molecule has 0 spiro atoms. The van der Waals surface area contributed by atoms with Crippen molar-refractivity contribution in [1.29, 1.82) is 0 Å². The summed E-state index contributed by atoms with van der Waals surface area (Å²) in [5.41, 5.74) is 2.77. The summed E-state index contributed by atoms with van der Waals surface area (Å²) in [6.07, 6.45) is 5.55.